The van der Waals surface area contributed by atoms with Crippen LogP contribution in [-0.2, 0) is 0 Å². The molecule has 0 radical (unpaired) electrons. The van der Waals surface area contributed by atoms with E-state index in [1.165, 1.54) is 6.07 Å². The number of thioether (sulfide) groups is 1. The highest BCUT2D eigenvalue weighted by Crippen LogP contribution is 2.30. The van der Waals surface area contributed by atoms with E-state index in [-0.39, 0.29) is 11.9 Å². The summed E-state index contributed by atoms with van der Waals surface area (Å²) in [6, 6.07) is 4.93. The summed E-state index contributed by atoms with van der Waals surface area (Å²) in [7, 11) is 0. The van der Waals surface area contributed by atoms with Crippen LogP contribution >= 0.6 is 11.8 Å². The third kappa shape index (κ3) is 3.49. The van der Waals surface area contributed by atoms with Gasteiger partial charge in [-0.3, -0.25) is 0 Å². The maximum atomic E-state index is 13.6. The molecule has 1 rings (SSSR count). The normalized spacial score (nSPS) is 14.8. The summed E-state index contributed by atoms with van der Waals surface area (Å²) < 4.78 is 13.6. The summed E-state index contributed by atoms with van der Waals surface area (Å²) in [5.41, 5.74) is 6.45. The molecule has 0 aliphatic carbocycles. The fraction of sp³-hybridized carbons (Fsp3) is 0.538. The molecule has 1 aromatic rings. The van der Waals surface area contributed by atoms with Gasteiger partial charge < -0.3 is 5.73 Å². The average molecular weight is 241 g/mol. The van der Waals surface area contributed by atoms with Crippen molar-refractivity contribution in [3.05, 3.63) is 29.6 Å². The zero-order valence-electron chi connectivity index (χ0n) is 10.2. The number of rotatable bonds is 5. The van der Waals surface area contributed by atoms with Crippen molar-refractivity contribution in [1.29, 1.82) is 0 Å². The molecular weight excluding hydrogens is 221 g/mol. The second-order valence-corrected chi connectivity index (χ2v) is 5.33. The Morgan fingerprint density at radius 2 is 2.06 bits per heavy atom. The van der Waals surface area contributed by atoms with Crippen LogP contribution in [0.4, 0.5) is 4.39 Å². The molecule has 90 valence electrons. The maximum Gasteiger partial charge on any atom is 0.129 e. The van der Waals surface area contributed by atoms with E-state index in [0.29, 0.717) is 11.5 Å². The lowest BCUT2D eigenvalue weighted by Crippen LogP contribution is -2.09. The zero-order valence-corrected chi connectivity index (χ0v) is 11.0. The van der Waals surface area contributed by atoms with Crippen LogP contribution in [0.3, 0.4) is 0 Å². The first-order chi connectivity index (χ1) is 7.56. The van der Waals surface area contributed by atoms with Crippen LogP contribution < -0.4 is 5.73 Å². The van der Waals surface area contributed by atoms with Gasteiger partial charge in [-0.1, -0.05) is 26.3 Å². The highest BCUT2D eigenvalue weighted by molar-refractivity contribution is 7.99. The summed E-state index contributed by atoms with van der Waals surface area (Å²) in [6.07, 6.45) is 1.15. The lowest BCUT2D eigenvalue weighted by molar-refractivity contribution is 0.585. The summed E-state index contributed by atoms with van der Waals surface area (Å²) in [5, 5.41) is 0. The Morgan fingerprint density at radius 3 is 2.62 bits per heavy atom. The highest BCUT2D eigenvalue weighted by atomic mass is 32.2. The zero-order chi connectivity index (χ0) is 12.1. The molecule has 0 bridgehead atoms. The molecule has 0 heterocycles. The van der Waals surface area contributed by atoms with Gasteiger partial charge in [0.15, 0.2) is 0 Å². The van der Waals surface area contributed by atoms with Crippen molar-refractivity contribution in [3.8, 4) is 0 Å². The molecule has 2 N–H and O–H groups in total. The van der Waals surface area contributed by atoms with Crippen LogP contribution in [0.15, 0.2) is 23.1 Å². The Hall–Kier alpha value is -0.540. The smallest absolute Gasteiger partial charge is 0.129 e. The molecule has 0 aliphatic heterocycles. The van der Waals surface area contributed by atoms with Gasteiger partial charge in [0.2, 0.25) is 0 Å². The first-order valence-electron chi connectivity index (χ1n) is 5.73. The highest BCUT2D eigenvalue weighted by Gasteiger charge is 2.13. The molecule has 0 saturated carbocycles. The van der Waals surface area contributed by atoms with Crippen molar-refractivity contribution in [1.82, 2.24) is 0 Å². The monoisotopic (exact) mass is 241 g/mol. The molecule has 0 aromatic heterocycles. The number of nitrogens with two attached hydrogens (primary N) is 1. The minimum atomic E-state index is -0.249. The third-order valence-corrected chi connectivity index (χ3v) is 4.09. The first kappa shape index (κ1) is 13.5. The molecule has 0 spiro atoms. The summed E-state index contributed by atoms with van der Waals surface area (Å²) in [4.78, 5) is 0.982. The molecule has 16 heavy (non-hydrogen) atoms. The molecule has 2 atom stereocenters. The fourth-order valence-electron chi connectivity index (χ4n) is 1.43. The Kier molecular flexibility index (Phi) is 5.29. The van der Waals surface area contributed by atoms with Crippen molar-refractivity contribution in [2.75, 3.05) is 5.75 Å². The number of halogens is 1. The van der Waals surface area contributed by atoms with Gasteiger partial charge in [-0.2, -0.15) is 0 Å². The maximum absolute atomic E-state index is 13.6. The lowest BCUT2D eigenvalue weighted by atomic mass is 10.1. The minimum Gasteiger partial charge on any atom is -0.324 e. The Balaban J connectivity index is 2.83. The van der Waals surface area contributed by atoms with E-state index in [9.17, 15) is 4.39 Å². The van der Waals surface area contributed by atoms with Crippen LogP contribution in [0.2, 0.25) is 0 Å². The van der Waals surface area contributed by atoms with Crippen LogP contribution in [0.1, 0.15) is 38.8 Å². The van der Waals surface area contributed by atoms with Gasteiger partial charge >= 0.3 is 0 Å². The van der Waals surface area contributed by atoms with E-state index < -0.39 is 0 Å². The van der Waals surface area contributed by atoms with Gasteiger partial charge in [0, 0.05) is 22.3 Å². The minimum absolute atomic E-state index is 0.191. The second-order valence-electron chi connectivity index (χ2n) is 4.26. The topological polar surface area (TPSA) is 26.0 Å². The average Bonchev–Trinajstić information content (AvgIpc) is 2.25. The van der Waals surface area contributed by atoms with Gasteiger partial charge in [0.05, 0.1) is 0 Å². The molecule has 1 aromatic carbocycles. The quantitative estimate of drug-likeness (QED) is 0.789. The van der Waals surface area contributed by atoms with Crippen molar-refractivity contribution < 1.29 is 4.39 Å². The third-order valence-electron chi connectivity index (χ3n) is 2.69. The second kappa shape index (κ2) is 6.26. The van der Waals surface area contributed by atoms with E-state index in [1.54, 1.807) is 17.8 Å². The SMILES string of the molecule is CCC(C)CSc1cccc(F)c1[C@H](C)N. The molecule has 1 unspecified atom stereocenters. The van der Waals surface area contributed by atoms with E-state index in [4.69, 9.17) is 5.73 Å². The summed E-state index contributed by atoms with van der Waals surface area (Å²) >= 11 is 1.70. The molecule has 0 fully saturated rings. The largest absolute Gasteiger partial charge is 0.324 e. The standard InChI is InChI=1S/C13H20FNS/c1-4-9(2)8-16-12-7-5-6-11(14)13(12)10(3)15/h5-7,9-10H,4,8,15H2,1-3H3/t9?,10-/m0/s1. The Labute approximate surface area is 102 Å². The molecule has 0 amide bonds. The number of hydrogen-bond acceptors (Lipinski definition) is 2. The summed E-state index contributed by atoms with van der Waals surface area (Å²) in [6.45, 7) is 6.20. The number of hydrogen-bond donors (Lipinski definition) is 1. The fourth-order valence-corrected chi connectivity index (χ4v) is 2.75. The predicted molar refractivity (Wildman–Crippen MR) is 69.2 cm³/mol. The van der Waals surface area contributed by atoms with Gasteiger partial charge in [-0.05, 0) is 25.0 Å². The van der Waals surface area contributed by atoms with Crippen molar-refractivity contribution in [3.63, 3.8) is 0 Å². The van der Waals surface area contributed by atoms with Crippen LogP contribution in [0.5, 0.6) is 0 Å². The van der Waals surface area contributed by atoms with Crippen molar-refractivity contribution >= 4 is 11.8 Å². The van der Waals surface area contributed by atoms with E-state index in [2.05, 4.69) is 13.8 Å². The molecule has 3 heteroatoms. The molecule has 1 nitrogen and oxygen atoms in total. The molecule has 0 aliphatic rings. The van der Waals surface area contributed by atoms with Gasteiger partial charge in [-0.15, -0.1) is 11.8 Å². The number of benzene rings is 1. The van der Waals surface area contributed by atoms with Gasteiger partial charge in [0.1, 0.15) is 5.82 Å². The van der Waals surface area contributed by atoms with Crippen LogP contribution in [0.25, 0.3) is 0 Å². The Bertz CT molecular complexity index is 339. The van der Waals surface area contributed by atoms with Crippen molar-refractivity contribution in [2.24, 2.45) is 11.7 Å². The summed E-state index contributed by atoms with van der Waals surface area (Å²) in [5.74, 6) is 1.47. The Morgan fingerprint density at radius 1 is 1.38 bits per heavy atom. The first-order valence-corrected chi connectivity index (χ1v) is 6.71. The van der Waals surface area contributed by atoms with Crippen LogP contribution in [-0.4, -0.2) is 5.75 Å². The molecule has 0 saturated heterocycles. The van der Waals surface area contributed by atoms with Crippen molar-refractivity contribution in [2.45, 2.75) is 38.1 Å². The molecular formula is C13H20FNS. The van der Waals surface area contributed by atoms with Gasteiger partial charge in [0.25, 0.3) is 0 Å². The predicted octanol–water partition coefficient (Wildman–Crippen LogP) is 3.98. The van der Waals surface area contributed by atoms with Gasteiger partial charge in [-0.25, -0.2) is 4.39 Å². The van der Waals surface area contributed by atoms with E-state index in [1.807, 2.05) is 13.0 Å². The van der Waals surface area contributed by atoms with Crippen LogP contribution in [0, 0.1) is 11.7 Å². The lowest BCUT2D eigenvalue weighted by Gasteiger charge is -2.14. The van der Waals surface area contributed by atoms with E-state index >= 15 is 0 Å². The van der Waals surface area contributed by atoms with E-state index in [0.717, 1.165) is 17.1 Å².